The molecule has 0 fully saturated rings. The first kappa shape index (κ1) is 13.2. The number of nitrogens with zero attached hydrogens (tertiary/aromatic N) is 1. The van der Waals surface area contributed by atoms with Crippen LogP contribution in [0.5, 0.6) is 0 Å². The van der Waals surface area contributed by atoms with E-state index >= 15 is 0 Å². The van der Waals surface area contributed by atoms with Crippen LogP contribution in [0.25, 0.3) is 11.1 Å². The van der Waals surface area contributed by atoms with Gasteiger partial charge in [-0.3, -0.25) is 0 Å². The molecule has 3 heteroatoms. The molecule has 96 valence electrons. The fraction of sp³-hybridized carbons (Fsp3) is 0.400. The van der Waals surface area contributed by atoms with Crippen LogP contribution in [0.15, 0.2) is 45.4 Å². The van der Waals surface area contributed by atoms with Crippen molar-refractivity contribution in [3.63, 3.8) is 0 Å². The highest BCUT2D eigenvalue weighted by atomic mass is 32.2. The van der Waals surface area contributed by atoms with Crippen molar-refractivity contribution in [1.29, 1.82) is 0 Å². The number of fused-ring (bicyclic) bond motifs is 1. The number of hydrogen-bond acceptors (Lipinski definition) is 3. The van der Waals surface area contributed by atoms with Crippen molar-refractivity contribution in [2.45, 2.75) is 44.3 Å². The minimum absolute atomic E-state index is 0.723. The zero-order chi connectivity index (χ0) is 12.6. The second-order valence-corrected chi connectivity index (χ2v) is 5.14. The fourth-order valence-electron chi connectivity index (χ4n) is 1.76. The lowest BCUT2D eigenvalue weighted by Gasteiger charge is -1.93. The number of rotatable bonds is 7. The molecule has 0 N–H and O–H groups in total. The number of allylic oxidation sites excluding steroid dienone is 1. The Morgan fingerprint density at radius 1 is 1.22 bits per heavy atom. The number of oxazole rings is 1. The topological polar surface area (TPSA) is 26.0 Å². The van der Waals surface area contributed by atoms with Gasteiger partial charge in [0.25, 0.3) is 5.22 Å². The summed E-state index contributed by atoms with van der Waals surface area (Å²) >= 11 is 1.55. The molecule has 1 aromatic heterocycles. The van der Waals surface area contributed by atoms with E-state index in [-0.39, 0.29) is 0 Å². The van der Waals surface area contributed by atoms with E-state index in [0.29, 0.717) is 0 Å². The van der Waals surface area contributed by atoms with Gasteiger partial charge in [0.15, 0.2) is 5.58 Å². The SMILES string of the molecule is CCCCCC/C=C/Sc1nc2ccccc2o1. The molecule has 0 unspecified atom stereocenters. The highest BCUT2D eigenvalue weighted by molar-refractivity contribution is 8.01. The zero-order valence-electron chi connectivity index (χ0n) is 10.8. The Hall–Kier alpha value is -1.22. The van der Waals surface area contributed by atoms with Gasteiger partial charge in [0, 0.05) is 0 Å². The van der Waals surface area contributed by atoms with Crippen molar-refractivity contribution in [2.75, 3.05) is 0 Å². The van der Waals surface area contributed by atoms with Crippen LogP contribution in [0, 0.1) is 0 Å². The summed E-state index contributed by atoms with van der Waals surface area (Å²) in [5.74, 6) is 0. The van der Waals surface area contributed by atoms with Gasteiger partial charge in [0.05, 0.1) is 0 Å². The van der Waals surface area contributed by atoms with Gasteiger partial charge >= 0.3 is 0 Å². The Labute approximate surface area is 112 Å². The lowest BCUT2D eigenvalue weighted by atomic mass is 10.2. The Morgan fingerprint density at radius 3 is 2.94 bits per heavy atom. The molecule has 0 bridgehead atoms. The molecule has 2 nitrogen and oxygen atoms in total. The minimum Gasteiger partial charge on any atom is -0.431 e. The van der Waals surface area contributed by atoms with Gasteiger partial charge in [-0.05, 0) is 42.1 Å². The van der Waals surface area contributed by atoms with Gasteiger partial charge in [-0.25, -0.2) is 4.98 Å². The van der Waals surface area contributed by atoms with E-state index in [1.54, 1.807) is 11.8 Å². The van der Waals surface area contributed by atoms with Crippen molar-refractivity contribution in [2.24, 2.45) is 0 Å². The summed E-state index contributed by atoms with van der Waals surface area (Å²) in [6.07, 6.45) is 8.59. The Morgan fingerprint density at radius 2 is 2.11 bits per heavy atom. The highest BCUT2D eigenvalue weighted by Crippen LogP contribution is 2.23. The number of aromatic nitrogens is 1. The number of benzene rings is 1. The summed E-state index contributed by atoms with van der Waals surface area (Å²) in [5, 5.41) is 2.80. The van der Waals surface area contributed by atoms with Crippen LogP contribution in [0.4, 0.5) is 0 Å². The van der Waals surface area contributed by atoms with E-state index in [1.807, 2.05) is 24.3 Å². The third-order valence-electron chi connectivity index (χ3n) is 2.76. The molecule has 0 saturated heterocycles. The molecule has 0 radical (unpaired) electrons. The third-order valence-corrected chi connectivity index (χ3v) is 3.47. The normalized spacial score (nSPS) is 11.6. The van der Waals surface area contributed by atoms with Crippen molar-refractivity contribution < 1.29 is 4.42 Å². The molecular formula is C15H19NOS. The van der Waals surface area contributed by atoms with Crippen LogP contribution >= 0.6 is 11.8 Å². The van der Waals surface area contributed by atoms with E-state index in [9.17, 15) is 0 Å². The maximum absolute atomic E-state index is 5.61. The van der Waals surface area contributed by atoms with Crippen LogP contribution in [0.3, 0.4) is 0 Å². The maximum Gasteiger partial charge on any atom is 0.261 e. The summed E-state index contributed by atoms with van der Waals surface area (Å²) < 4.78 is 5.61. The van der Waals surface area contributed by atoms with Gasteiger partial charge < -0.3 is 4.42 Å². The first-order valence-electron chi connectivity index (χ1n) is 6.57. The lowest BCUT2D eigenvalue weighted by molar-refractivity contribution is 0.490. The second kappa shape index (κ2) is 7.27. The number of para-hydroxylation sites is 2. The monoisotopic (exact) mass is 261 g/mol. The average molecular weight is 261 g/mol. The average Bonchev–Trinajstić information content (AvgIpc) is 2.80. The second-order valence-electron chi connectivity index (χ2n) is 4.29. The largest absolute Gasteiger partial charge is 0.431 e. The van der Waals surface area contributed by atoms with Crippen molar-refractivity contribution in [1.82, 2.24) is 4.98 Å². The predicted molar refractivity (Wildman–Crippen MR) is 77.8 cm³/mol. The zero-order valence-corrected chi connectivity index (χ0v) is 11.6. The van der Waals surface area contributed by atoms with E-state index in [0.717, 1.165) is 22.7 Å². The van der Waals surface area contributed by atoms with E-state index < -0.39 is 0 Å². The molecule has 0 atom stereocenters. The molecule has 1 aromatic carbocycles. The molecule has 2 rings (SSSR count). The van der Waals surface area contributed by atoms with Gasteiger partial charge in [-0.15, -0.1) is 0 Å². The lowest BCUT2D eigenvalue weighted by Crippen LogP contribution is -1.73. The van der Waals surface area contributed by atoms with Crippen LogP contribution < -0.4 is 0 Å². The smallest absolute Gasteiger partial charge is 0.261 e. The predicted octanol–water partition coefficient (Wildman–Crippen LogP) is 5.40. The Kier molecular flexibility index (Phi) is 5.34. The molecule has 0 aliphatic heterocycles. The maximum atomic E-state index is 5.61. The quantitative estimate of drug-likeness (QED) is 0.492. The van der Waals surface area contributed by atoms with Crippen LogP contribution in [0.2, 0.25) is 0 Å². The number of unbranched alkanes of at least 4 members (excludes halogenated alkanes) is 4. The minimum atomic E-state index is 0.723. The van der Waals surface area contributed by atoms with Gasteiger partial charge in [0.1, 0.15) is 5.52 Å². The van der Waals surface area contributed by atoms with E-state index in [2.05, 4.69) is 23.4 Å². The Balaban J connectivity index is 1.77. The van der Waals surface area contributed by atoms with Gasteiger partial charge in [0.2, 0.25) is 0 Å². The summed E-state index contributed by atoms with van der Waals surface area (Å²) in [7, 11) is 0. The molecule has 0 aliphatic carbocycles. The highest BCUT2D eigenvalue weighted by Gasteiger charge is 2.02. The first-order chi connectivity index (χ1) is 8.90. The number of thioether (sulfide) groups is 1. The number of hydrogen-bond donors (Lipinski definition) is 0. The summed E-state index contributed by atoms with van der Waals surface area (Å²) in [4.78, 5) is 4.40. The van der Waals surface area contributed by atoms with Crippen molar-refractivity contribution in [3.05, 3.63) is 35.7 Å². The van der Waals surface area contributed by atoms with Crippen molar-refractivity contribution in [3.8, 4) is 0 Å². The standard InChI is InChI=1S/C15H19NOS/c1-2-3-4-5-6-9-12-18-15-16-13-10-7-8-11-14(13)17-15/h7-12H,2-6H2,1H3/b12-9+. The summed E-state index contributed by atoms with van der Waals surface area (Å²) in [5.41, 5.74) is 1.78. The molecule has 0 aliphatic rings. The molecular weight excluding hydrogens is 242 g/mol. The van der Waals surface area contributed by atoms with Crippen LogP contribution in [-0.4, -0.2) is 4.98 Å². The van der Waals surface area contributed by atoms with Gasteiger partial charge in [-0.1, -0.05) is 44.4 Å². The molecule has 0 amide bonds. The van der Waals surface area contributed by atoms with Crippen molar-refractivity contribution >= 4 is 22.9 Å². The van der Waals surface area contributed by atoms with E-state index in [1.165, 1.54) is 25.7 Å². The first-order valence-corrected chi connectivity index (χ1v) is 7.45. The molecule has 0 spiro atoms. The summed E-state index contributed by atoms with van der Waals surface area (Å²) in [6.45, 7) is 2.24. The molecule has 2 aromatic rings. The van der Waals surface area contributed by atoms with E-state index in [4.69, 9.17) is 4.42 Å². The van der Waals surface area contributed by atoms with Crippen LogP contribution in [0.1, 0.15) is 39.0 Å². The third kappa shape index (κ3) is 3.91. The van der Waals surface area contributed by atoms with Gasteiger partial charge in [-0.2, -0.15) is 0 Å². The Bertz CT molecular complexity index is 471. The molecule has 18 heavy (non-hydrogen) atoms. The van der Waals surface area contributed by atoms with Crippen LogP contribution in [-0.2, 0) is 0 Å². The molecule has 1 heterocycles. The summed E-state index contributed by atoms with van der Waals surface area (Å²) in [6, 6.07) is 7.85. The molecule has 0 saturated carbocycles. The fourth-order valence-corrected chi connectivity index (χ4v) is 2.40.